The Morgan fingerprint density at radius 1 is 0.789 bits per heavy atom. The van der Waals surface area contributed by atoms with Gasteiger partial charge in [-0.3, -0.25) is 0 Å². The summed E-state index contributed by atoms with van der Waals surface area (Å²) in [5, 5.41) is 2.60. The normalized spacial score (nSPS) is 10.5. The highest BCUT2D eigenvalue weighted by molar-refractivity contribution is 5.98. The lowest BCUT2D eigenvalue weighted by Crippen LogP contribution is -1.90. The smallest absolute Gasteiger partial charge is 0.00702 e. The molecule has 0 saturated carbocycles. The average Bonchev–Trinajstić information content (AvgIpc) is 2.48. The van der Waals surface area contributed by atoms with Crippen molar-refractivity contribution in [2.45, 2.75) is 6.42 Å². The van der Waals surface area contributed by atoms with Crippen LogP contribution in [0.25, 0.3) is 21.9 Å². The molecule has 0 unspecified atom stereocenters. The minimum absolute atomic E-state index is 0.898. The first-order valence-corrected chi connectivity index (χ1v) is 6.57. The van der Waals surface area contributed by atoms with Crippen LogP contribution in [0.4, 0.5) is 0 Å². The second-order valence-electron chi connectivity index (χ2n) is 4.68. The number of hydrogen-bond donors (Lipinski definition) is 0. The zero-order chi connectivity index (χ0) is 13.1. The zero-order valence-electron chi connectivity index (χ0n) is 10.8. The van der Waals surface area contributed by atoms with Gasteiger partial charge in [-0.2, -0.15) is 0 Å². The molecule has 0 amide bonds. The highest BCUT2D eigenvalue weighted by atomic mass is 14.1. The quantitative estimate of drug-likeness (QED) is 0.553. The molecule has 0 bridgehead atoms. The first-order valence-electron chi connectivity index (χ1n) is 6.57. The summed E-state index contributed by atoms with van der Waals surface area (Å²) in [6, 6.07) is 23.6. The van der Waals surface area contributed by atoms with Gasteiger partial charge in [0.15, 0.2) is 0 Å². The Morgan fingerprint density at radius 3 is 2.32 bits per heavy atom. The summed E-state index contributed by atoms with van der Waals surface area (Å²) in [7, 11) is 0. The van der Waals surface area contributed by atoms with Gasteiger partial charge in [0.1, 0.15) is 0 Å². The van der Waals surface area contributed by atoms with Gasteiger partial charge in [-0.25, -0.2) is 0 Å². The molecule has 0 heterocycles. The average molecular weight is 244 g/mol. The van der Waals surface area contributed by atoms with Gasteiger partial charge in [-0.1, -0.05) is 72.8 Å². The molecule has 0 aliphatic rings. The summed E-state index contributed by atoms with van der Waals surface area (Å²) in [5.41, 5.74) is 3.94. The largest absolute Gasteiger partial charge is 0.103 e. The van der Waals surface area contributed by atoms with Crippen molar-refractivity contribution in [3.05, 3.63) is 84.9 Å². The minimum atomic E-state index is 0.898. The van der Waals surface area contributed by atoms with Gasteiger partial charge >= 0.3 is 0 Å². The molecule has 0 saturated heterocycles. The Bertz CT molecular complexity index is 708. The first kappa shape index (κ1) is 11.7. The molecule has 0 heteroatoms. The van der Waals surface area contributed by atoms with E-state index in [1.807, 2.05) is 6.08 Å². The molecular weight excluding hydrogens is 228 g/mol. The van der Waals surface area contributed by atoms with Gasteiger partial charge in [0.05, 0.1) is 0 Å². The summed E-state index contributed by atoms with van der Waals surface area (Å²) >= 11 is 0. The number of rotatable bonds is 3. The third-order valence-electron chi connectivity index (χ3n) is 3.44. The lowest BCUT2D eigenvalue weighted by atomic mass is 9.92. The monoisotopic (exact) mass is 244 g/mol. The van der Waals surface area contributed by atoms with Crippen molar-refractivity contribution in [2.24, 2.45) is 0 Å². The number of hydrogen-bond acceptors (Lipinski definition) is 0. The fourth-order valence-electron chi connectivity index (χ4n) is 2.59. The second-order valence-corrected chi connectivity index (χ2v) is 4.68. The van der Waals surface area contributed by atoms with E-state index in [4.69, 9.17) is 0 Å². The maximum atomic E-state index is 3.87. The molecule has 3 aromatic rings. The van der Waals surface area contributed by atoms with Gasteiger partial charge in [0, 0.05) is 0 Å². The molecule has 0 atom stereocenters. The van der Waals surface area contributed by atoms with Crippen LogP contribution >= 0.6 is 0 Å². The molecular formula is C19H16. The van der Waals surface area contributed by atoms with Crippen LogP contribution in [0.15, 0.2) is 79.4 Å². The predicted molar refractivity (Wildman–Crippen MR) is 83.3 cm³/mol. The van der Waals surface area contributed by atoms with E-state index in [2.05, 4.69) is 73.3 Å². The fourth-order valence-corrected chi connectivity index (χ4v) is 2.59. The van der Waals surface area contributed by atoms with Crippen LogP contribution in [0.5, 0.6) is 0 Å². The summed E-state index contributed by atoms with van der Waals surface area (Å²) < 4.78 is 0. The molecule has 0 spiro atoms. The molecule has 3 rings (SSSR count). The van der Waals surface area contributed by atoms with Crippen molar-refractivity contribution in [3.63, 3.8) is 0 Å². The number of allylic oxidation sites excluding steroid dienone is 1. The second kappa shape index (κ2) is 5.11. The van der Waals surface area contributed by atoms with Crippen LogP contribution in [0.2, 0.25) is 0 Å². The SMILES string of the molecule is C=CCc1ccc2ccccc2c1-c1ccccc1. The molecule has 92 valence electrons. The van der Waals surface area contributed by atoms with Crippen molar-refractivity contribution >= 4 is 10.8 Å². The minimum Gasteiger partial charge on any atom is -0.103 e. The summed E-state index contributed by atoms with van der Waals surface area (Å²) in [6.45, 7) is 3.87. The third kappa shape index (κ3) is 2.17. The van der Waals surface area contributed by atoms with Gasteiger partial charge in [-0.05, 0) is 33.9 Å². The maximum absolute atomic E-state index is 3.87. The number of fused-ring (bicyclic) bond motifs is 1. The van der Waals surface area contributed by atoms with Gasteiger partial charge in [0.25, 0.3) is 0 Å². The highest BCUT2D eigenvalue weighted by Crippen LogP contribution is 2.32. The van der Waals surface area contributed by atoms with Crippen molar-refractivity contribution in [1.82, 2.24) is 0 Å². The van der Waals surface area contributed by atoms with E-state index >= 15 is 0 Å². The van der Waals surface area contributed by atoms with Crippen LogP contribution in [-0.2, 0) is 6.42 Å². The van der Waals surface area contributed by atoms with E-state index in [1.165, 1.54) is 27.5 Å². The third-order valence-corrected chi connectivity index (χ3v) is 3.44. The van der Waals surface area contributed by atoms with Crippen molar-refractivity contribution in [2.75, 3.05) is 0 Å². The van der Waals surface area contributed by atoms with E-state index in [0.29, 0.717) is 0 Å². The van der Waals surface area contributed by atoms with Crippen LogP contribution in [-0.4, -0.2) is 0 Å². The first-order chi connectivity index (χ1) is 9.40. The van der Waals surface area contributed by atoms with Crippen LogP contribution in [0.3, 0.4) is 0 Å². The molecule has 0 radical (unpaired) electrons. The van der Waals surface area contributed by atoms with E-state index in [1.54, 1.807) is 0 Å². The Morgan fingerprint density at radius 2 is 1.53 bits per heavy atom. The van der Waals surface area contributed by atoms with E-state index in [-0.39, 0.29) is 0 Å². The standard InChI is InChI=1S/C19H16/c1-2-8-16-14-13-15-9-6-7-12-18(15)19(16)17-10-4-3-5-11-17/h2-7,9-14H,1,8H2. The van der Waals surface area contributed by atoms with E-state index in [0.717, 1.165) is 6.42 Å². The van der Waals surface area contributed by atoms with E-state index < -0.39 is 0 Å². The maximum Gasteiger partial charge on any atom is -0.00702 e. The Labute approximate surface area is 114 Å². The number of benzene rings is 3. The summed E-state index contributed by atoms with van der Waals surface area (Å²) in [4.78, 5) is 0. The molecule has 0 aliphatic carbocycles. The molecule has 0 fully saturated rings. The molecule has 0 nitrogen and oxygen atoms in total. The van der Waals surface area contributed by atoms with Crippen LogP contribution in [0.1, 0.15) is 5.56 Å². The van der Waals surface area contributed by atoms with Gasteiger partial charge in [0.2, 0.25) is 0 Å². The topological polar surface area (TPSA) is 0 Å². The Kier molecular flexibility index (Phi) is 3.16. The van der Waals surface area contributed by atoms with Gasteiger partial charge < -0.3 is 0 Å². The van der Waals surface area contributed by atoms with Crippen LogP contribution in [0, 0.1) is 0 Å². The lowest BCUT2D eigenvalue weighted by Gasteiger charge is -2.12. The summed E-state index contributed by atoms with van der Waals surface area (Å²) in [6.07, 6.45) is 2.87. The zero-order valence-corrected chi connectivity index (χ0v) is 10.8. The van der Waals surface area contributed by atoms with Gasteiger partial charge in [-0.15, -0.1) is 6.58 Å². The molecule has 3 aromatic carbocycles. The van der Waals surface area contributed by atoms with Crippen molar-refractivity contribution in [3.8, 4) is 11.1 Å². The fraction of sp³-hybridized carbons (Fsp3) is 0.0526. The highest BCUT2D eigenvalue weighted by Gasteiger charge is 2.08. The molecule has 0 N–H and O–H groups in total. The van der Waals surface area contributed by atoms with E-state index in [9.17, 15) is 0 Å². The van der Waals surface area contributed by atoms with Crippen molar-refractivity contribution in [1.29, 1.82) is 0 Å². The Balaban J connectivity index is 2.35. The van der Waals surface area contributed by atoms with Crippen LogP contribution < -0.4 is 0 Å². The molecule has 19 heavy (non-hydrogen) atoms. The lowest BCUT2D eigenvalue weighted by molar-refractivity contribution is 1.29. The predicted octanol–water partition coefficient (Wildman–Crippen LogP) is 5.24. The molecule has 0 aromatic heterocycles. The Hall–Kier alpha value is -2.34. The molecule has 0 aliphatic heterocycles. The van der Waals surface area contributed by atoms with Crippen molar-refractivity contribution < 1.29 is 0 Å². The summed E-state index contributed by atoms with van der Waals surface area (Å²) in [5.74, 6) is 0.